The second-order valence-corrected chi connectivity index (χ2v) is 6.16. The lowest BCUT2D eigenvalue weighted by atomic mass is 10.2. The van der Waals surface area contributed by atoms with Crippen molar-refractivity contribution in [3.8, 4) is 5.75 Å². The third-order valence-electron chi connectivity index (χ3n) is 2.73. The summed E-state index contributed by atoms with van der Waals surface area (Å²) in [5.74, 6) is 0.568. The van der Waals surface area contributed by atoms with Gasteiger partial charge >= 0.3 is 0 Å². The number of hydrogen-bond acceptors (Lipinski definition) is 4. The van der Waals surface area contributed by atoms with Crippen molar-refractivity contribution in [1.29, 1.82) is 0 Å². The number of halogens is 1. The molecule has 0 heterocycles. The van der Waals surface area contributed by atoms with E-state index < -0.39 is 15.3 Å². The summed E-state index contributed by atoms with van der Waals surface area (Å²) in [4.78, 5) is 11.1. The van der Waals surface area contributed by atoms with Crippen molar-refractivity contribution in [2.24, 2.45) is 0 Å². The average Bonchev–Trinajstić information content (AvgIpc) is 2.47. The van der Waals surface area contributed by atoms with Crippen LogP contribution in [0, 0.1) is 0 Å². The van der Waals surface area contributed by atoms with Crippen LogP contribution < -0.4 is 9.46 Å². The van der Waals surface area contributed by atoms with Crippen LogP contribution in [0.25, 0.3) is 0 Å². The lowest BCUT2D eigenvalue weighted by Gasteiger charge is -2.09. The van der Waals surface area contributed by atoms with Gasteiger partial charge in [-0.25, -0.2) is 8.42 Å². The van der Waals surface area contributed by atoms with Crippen LogP contribution >= 0.6 is 11.6 Å². The van der Waals surface area contributed by atoms with E-state index in [1.54, 1.807) is 12.1 Å². The number of benzene rings is 2. The number of nitrogens with one attached hydrogen (secondary N) is 1. The summed E-state index contributed by atoms with van der Waals surface area (Å²) in [5.41, 5.74) is 0.636. The van der Waals surface area contributed by atoms with Crippen LogP contribution in [-0.4, -0.2) is 20.8 Å². The van der Waals surface area contributed by atoms with E-state index in [1.807, 2.05) is 0 Å². The number of ether oxygens (including phenoxy) is 1. The van der Waals surface area contributed by atoms with Crippen LogP contribution in [0.5, 0.6) is 5.75 Å². The van der Waals surface area contributed by atoms with Gasteiger partial charge in [0.25, 0.3) is 15.3 Å². The van der Waals surface area contributed by atoms with E-state index in [0.717, 1.165) is 0 Å². The van der Waals surface area contributed by atoms with E-state index in [1.165, 1.54) is 43.5 Å². The van der Waals surface area contributed by atoms with Crippen LogP contribution in [0.3, 0.4) is 0 Å². The Labute approximate surface area is 127 Å². The SMILES string of the molecule is COc1ccc(S(=O)(=O)Nc2ccc(C(=O)Cl)cc2)cc1. The molecule has 2 aromatic carbocycles. The molecular formula is C14H12ClNO4S. The van der Waals surface area contributed by atoms with Crippen molar-refractivity contribution in [1.82, 2.24) is 0 Å². The van der Waals surface area contributed by atoms with Gasteiger partial charge in [-0.15, -0.1) is 0 Å². The highest BCUT2D eigenvalue weighted by molar-refractivity contribution is 7.92. The second kappa shape index (κ2) is 6.15. The molecule has 0 atom stereocenters. The summed E-state index contributed by atoms with van der Waals surface area (Å²) in [6.07, 6.45) is 0. The molecule has 0 amide bonds. The zero-order valence-corrected chi connectivity index (χ0v) is 12.6. The molecule has 1 N–H and O–H groups in total. The fourth-order valence-corrected chi connectivity index (χ4v) is 2.82. The molecule has 7 heteroatoms. The van der Waals surface area contributed by atoms with Gasteiger partial charge in [-0.2, -0.15) is 0 Å². The maximum Gasteiger partial charge on any atom is 0.261 e. The number of carbonyl (C=O) groups excluding carboxylic acids is 1. The number of rotatable bonds is 5. The molecule has 2 rings (SSSR count). The van der Waals surface area contributed by atoms with Gasteiger partial charge in [-0.05, 0) is 60.1 Å². The lowest BCUT2D eigenvalue weighted by molar-refractivity contribution is 0.108. The number of methoxy groups -OCH3 is 1. The fraction of sp³-hybridized carbons (Fsp3) is 0.0714. The van der Waals surface area contributed by atoms with Gasteiger partial charge in [0.15, 0.2) is 0 Å². The summed E-state index contributed by atoms with van der Waals surface area (Å²) in [5, 5.41) is -0.598. The first-order valence-electron chi connectivity index (χ1n) is 5.89. The summed E-state index contributed by atoms with van der Waals surface area (Å²) >= 11 is 5.32. The lowest BCUT2D eigenvalue weighted by Crippen LogP contribution is -2.12. The largest absolute Gasteiger partial charge is 0.497 e. The summed E-state index contributed by atoms with van der Waals surface area (Å²) < 4.78 is 31.7. The quantitative estimate of drug-likeness (QED) is 0.858. The van der Waals surface area contributed by atoms with E-state index in [-0.39, 0.29) is 4.90 Å². The smallest absolute Gasteiger partial charge is 0.261 e. The van der Waals surface area contributed by atoms with Gasteiger partial charge in [-0.3, -0.25) is 9.52 Å². The molecule has 0 aliphatic rings. The third kappa shape index (κ3) is 3.74. The highest BCUT2D eigenvalue weighted by Gasteiger charge is 2.14. The standard InChI is InChI=1S/C14H12ClNO4S/c1-20-12-6-8-13(9-7-12)21(18,19)16-11-4-2-10(3-5-11)14(15)17/h2-9,16H,1H3. The second-order valence-electron chi connectivity index (χ2n) is 4.13. The van der Waals surface area contributed by atoms with E-state index in [4.69, 9.17) is 16.3 Å². The number of carbonyl (C=O) groups is 1. The van der Waals surface area contributed by atoms with Crippen molar-refractivity contribution in [3.05, 3.63) is 54.1 Å². The maximum absolute atomic E-state index is 12.2. The molecule has 0 unspecified atom stereocenters. The molecule has 0 aliphatic carbocycles. The monoisotopic (exact) mass is 325 g/mol. The normalized spacial score (nSPS) is 11.0. The zero-order valence-electron chi connectivity index (χ0n) is 11.0. The van der Waals surface area contributed by atoms with E-state index in [0.29, 0.717) is 17.0 Å². The fourth-order valence-electron chi connectivity index (χ4n) is 1.64. The first kappa shape index (κ1) is 15.3. The number of hydrogen-bond donors (Lipinski definition) is 1. The highest BCUT2D eigenvalue weighted by atomic mass is 35.5. The van der Waals surface area contributed by atoms with Crippen LogP contribution in [-0.2, 0) is 10.0 Å². The topological polar surface area (TPSA) is 72.5 Å². The average molecular weight is 326 g/mol. The predicted molar refractivity (Wildman–Crippen MR) is 80.4 cm³/mol. The minimum Gasteiger partial charge on any atom is -0.497 e. The minimum absolute atomic E-state index is 0.112. The number of sulfonamides is 1. The molecule has 110 valence electrons. The van der Waals surface area contributed by atoms with Crippen molar-refractivity contribution in [2.75, 3.05) is 11.8 Å². The van der Waals surface area contributed by atoms with Crippen molar-refractivity contribution in [2.45, 2.75) is 4.90 Å². The van der Waals surface area contributed by atoms with Gasteiger partial charge in [0.1, 0.15) is 5.75 Å². The van der Waals surface area contributed by atoms with Crippen LogP contribution in [0.4, 0.5) is 5.69 Å². The maximum atomic E-state index is 12.2. The third-order valence-corrected chi connectivity index (χ3v) is 4.35. The molecule has 0 bridgehead atoms. The molecule has 0 radical (unpaired) electrons. The van der Waals surface area contributed by atoms with Crippen molar-refractivity contribution >= 4 is 32.6 Å². The van der Waals surface area contributed by atoms with Gasteiger partial charge in [0, 0.05) is 11.3 Å². The molecule has 2 aromatic rings. The van der Waals surface area contributed by atoms with E-state index in [9.17, 15) is 13.2 Å². The highest BCUT2D eigenvalue weighted by Crippen LogP contribution is 2.19. The van der Waals surface area contributed by atoms with E-state index in [2.05, 4.69) is 4.72 Å². The van der Waals surface area contributed by atoms with Crippen molar-refractivity contribution in [3.63, 3.8) is 0 Å². The number of anilines is 1. The van der Waals surface area contributed by atoms with E-state index >= 15 is 0 Å². The molecule has 5 nitrogen and oxygen atoms in total. The Morgan fingerprint density at radius 2 is 1.62 bits per heavy atom. The van der Waals surface area contributed by atoms with Crippen LogP contribution in [0.1, 0.15) is 10.4 Å². The first-order valence-corrected chi connectivity index (χ1v) is 7.75. The summed E-state index contributed by atoms with van der Waals surface area (Å²) in [7, 11) is -2.19. The predicted octanol–water partition coefficient (Wildman–Crippen LogP) is 2.88. The Hall–Kier alpha value is -2.05. The van der Waals surface area contributed by atoms with Crippen molar-refractivity contribution < 1.29 is 17.9 Å². The Morgan fingerprint density at radius 3 is 2.10 bits per heavy atom. The molecule has 21 heavy (non-hydrogen) atoms. The molecule has 0 aliphatic heterocycles. The van der Waals surface area contributed by atoms with Gasteiger partial charge in [-0.1, -0.05) is 0 Å². The molecule has 0 spiro atoms. The molecular weight excluding hydrogens is 314 g/mol. The minimum atomic E-state index is -3.69. The molecule has 0 saturated heterocycles. The molecule has 0 saturated carbocycles. The zero-order chi connectivity index (χ0) is 15.5. The van der Waals surface area contributed by atoms with Gasteiger partial charge < -0.3 is 4.74 Å². The Bertz CT molecular complexity index is 740. The Morgan fingerprint density at radius 1 is 1.05 bits per heavy atom. The van der Waals surface area contributed by atoms with Crippen LogP contribution in [0.2, 0.25) is 0 Å². The summed E-state index contributed by atoms with van der Waals surface area (Å²) in [6.45, 7) is 0. The molecule has 0 aromatic heterocycles. The first-order chi connectivity index (χ1) is 9.92. The summed E-state index contributed by atoms with van der Waals surface area (Å²) in [6, 6.07) is 11.8. The Balaban J connectivity index is 2.21. The molecule has 0 fully saturated rings. The van der Waals surface area contributed by atoms with Crippen LogP contribution in [0.15, 0.2) is 53.4 Å². The van der Waals surface area contributed by atoms with Gasteiger partial charge in [0.2, 0.25) is 0 Å². The van der Waals surface area contributed by atoms with Gasteiger partial charge in [0.05, 0.1) is 12.0 Å². The Kier molecular flexibility index (Phi) is 4.50.